The van der Waals surface area contributed by atoms with Crippen molar-refractivity contribution in [3.8, 4) is 0 Å². The van der Waals surface area contributed by atoms with Crippen LogP contribution in [0.1, 0.15) is 348 Å². The number of ether oxygens (including phenoxy) is 2. The standard InChI is InChI=1S/C79H136O5/c1-3-5-7-9-11-13-15-17-19-21-23-25-27-29-31-33-35-37-38-39-40-42-43-45-47-49-51-53-55-57-59-61-63-65-67-69-71-73-78(81)83-76-77(75-80)84-79(82)74-72-70-68-66-64-62-60-58-56-54-52-50-48-46-44-41-36-34-32-30-28-26-24-22-20-18-16-14-12-10-8-6-4-2/h6,8,12,14-15,17-18,20-21,23-24,26,30,32,36,41,46,48,52,54,77,80H,3-5,7,9-11,13,16,19,22,25,27-29,31,33-35,37-40,42-45,47,49-51,53,55-76H2,1-2H3/b8-6-,14-12-,17-15-,20-18-,23-21-,26-24-,32-30-,41-36-,48-46-,54-52-. The van der Waals surface area contributed by atoms with Crippen molar-refractivity contribution < 1.29 is 24.2 Å². The van der Waals surface area contributed by atoms with Crippen molar-refractivity contribution in [1.82, 2.24) is 0 Å². The number of aliphatic hydroxyl groups is 1. The number of hydrogen-bond acceptors (Lipinski definition) is 5. The van der Waals surface area contributed by atoms with Crippen LogP contribution in [-0.4, -0.2) is 36.4 Å². The molecule has 482 valence electrons. The van der Waals surface area contributed by atoms with E-state index in [0.29, 0.717) is 12.8 Å². The first-order valence-electron chi connectivity index (χ1n) is 36.1. The number of esters is 2. The van der Waals surface area contributed by atoms with Crippen molar-refractivity contribution in [3.63, 3.8) is 0 Å². The summed E-state index contributed by atoms with van der Waals surface area (Å²) in [6.07, 6.45) is 108. The lowest BCUT2D eigenvalue weighted by molar-refractivity contribution is -0.161. The lowest BCUT2D eigenvalue weighted by atomic mass is 10.0. The summed E-state index contributed by atoms with van der Waals surface area (Å²) in [6, 6.07) is 0. The summed E-state index contributed by atoms with van der Waals surface area (Å²) >= 11 is 0. The third kappa shape index (κ3) is 70.8. The fourth-order valence-electron chi connectivity index (χ4n) is 10.4. The number of aliphatic hydroxyl groups excluding tert-OH is 1. The summed E-state index contributed by atoms with van der Waals surface area (Å²) in [5.74, 6) is -0.592. The van der Waals surface area contributed by atoms with E-state index in [0.717, 1.165) is 103 Å². The molecule has 5 nitrogen and oxygen atoms in total. The van der Waals surface area contributed by atoms with E-state index in [4.69, 9.17) is 9.47 Å². The normalized spacial score (nSPS) is 12.9. The minimum absolute atomic E-state index is 0.0719. The highest BCUT2D eigenvalue weighted by Crippen LogP contribution is 2.18. The van der Waals surface area contributed by atoms with Crippen LogP contribution in [0, 0.1) is 0 Å². The zero-order valence-electron chi connectivity index (χ0n) is 55.4. The molecule has 0 aromatic heterocycles. The number of hydrogen-bond donors (Lipinski definition) is 1. The Bertz CT molecular complexity index is 1650. The Morgan fingerprint density at radius 2 is 0.512 bits per heavy atom. The highest BCUT2D eigenvalue weighted by atomic mass is 16.6. The predicted octanol–water partition coefficient (Wildman–Crippen LogP) is 25.3. The molecule has 0 bridgehead atoms. The largest absolute Gasteiger partial charge is 0.462 e. The third-order valence-corrected chi connectivity index (χ3v) is 15.7. The summed E-state index contributed by atoms with van der Waals surface area (Å²) in [5.41, 5.74) is 0. The van der Waals surface area contributed by atoms with E-state index in [1.807, 2.05) is 0 Å². The lowest BCUT2D eigenvalue weighted by Crippen LogP contribution is -2.28. The maximum Gasteiger partial charge on any atom is 0.306 e. The molecule has 1 atom stereocenters. The molecule has 0 aliphatic rings. The molecule has 0 radical (unpaired) electrons. The van der Waals surface area contributed by atoms with Crippen molar-refractivity contribution in [2.24, 2.45) is 0 Å². The van der Waals surface area contributed by atoms with Gasteiger partial charge in [0.1, 0.15) is 6.61 Å². The zero-order valence-corrected chi connectivity index (χ0v) is 55.4. The highest BCUT2D eigenvalue weighted by molar-refractivity contribution is 5.70. The number of unbranched alkanes of at least 4 members (excludes halogenated alkanes) is 38. The molecular formula is C79H136O5. The van der Waals surface area contributed by atoms with E-state index in [9.17, 15) is 14.7 Å². The maximum atomic E-state index is 12.4. The first kappa shape index (κ1) is 80.3. The number of rotatable bonds is 66. The smallest absolute Gasteiger partial charge is 0.306 e. The SMILES string of the molecule is CC/C=C\C/C=C\C/C=C\C/C=C\C/C=C\C/C=C\C/C=C\C/C=C\CCCCCCCCCCC(=O)OC(CO)COC(=O)CCCCCCCCCCCCCCCCCCCCCCCCCCC/C=C\C/C=C\CCCCCCC. The molecule has 0 aromatic carbocycles. The van der Waals surface area contributed by atoms with E-state index in [2.05, 4.69) is 135 Å². The van der Waals surface area contributed by atoms with Crippen LogP contribution in [0.5, 0.6) is 0 Å². The topological polar surface area (TPSA) is 72.8 Å². The minimum atomic E-state index is -0.785. The van der Waals surface area contributed by atoms with Crippen LogP contribution >= 0.6 is 0 Å². The Labute approximate surface area is 522 Å². The second-order valence-electron chi connectivity index (χ2n) is 23.9. The molecule has 0 amide bonds. The van der Waals surface area contributed by atoms with Crippen LogP contribution in [0.2, 0.25) is 0 Å². The Morgan fingerprint density at radius 1 is 0.286 bits per heavy atom. The van der Waals surface area contributed by atoms with Gasteiger partial charge in [-0.2, -0.15) is 0 Å². The van der Waals surface area contributed by atoms with Crippen LogP contribution in [0.25, 0.3) is 0 Å². The molecule has 0 heterocycles. The van der Waals surface area contributed by atoms with Gasteiger partial charge >= 0.3 is 11.9 Å². The van der Waals surface area contributed by atoms with Gasteiger partial charge in [-0.25, -0.2) is 0 Å². The van der Waals surface area contributed by atoms with Gasteiger partial charge in [-0.15, -0.1) is 0 Å². The summed E-state index contributed by atoms with van der Waals surface area (Å²) in [6.45, 7) is 4.04. The summed E-state index contributed by atoms with van der Waals surface area (Å²) < 4.78 is 10.8. The van der Waals surface area contributed by atoms with E-state index in [-0.39, 0.29) is 25.2 Å². The quantitative estimate of drug-likeness (QED) is 0.0373. The molecule has 1 unspecified atom stereocenters. The van der Waals surface area contributed by atoms with E-state index >= 15 is 0 Å². The van der Waals surface area contributed by atoms with Crippen LogP contribution in [0.15, 0.2) is 122 Å². The van der Waals surface area contributed by atoms with Crippen molar-refractivity contribution in [1.29, 1.82) is 0 Å². The molecule has 0 aliphatic carbocycles. The van der Waals surface area contributed by atoms with Gasteiger partial charge in [0, 0.05) is 12.8 Å². The lowest BCUT2D eigenvalue weighted by Gasteiger charge is -2.15. The Balaban J connectivity index is 3.48. The molecule has 1 N–H and O–H groups in total. The fraction of sp³-hybridized carbons (Fsp3) is 0.722. The third-order valence-electron chi connectivity index (χ3n) is 15.7. The van der Waals surface area contributed by atoms with E-state index in [1.165, 1.54) is 218 Å². The Hall–Kier alpha value is -3.70. The summed E-state index contributed by atoms with van der Waals surface area (Å²) in [4.78, 5) is 24.7. The molecule has 0 rings (SSSR count). The van der Waals surface area contributed by atoms with E-state index < -0.39 is 6.10 Å². The summed E-state index contributed by atoms with van der Waals surface area (Å²) in [5, 5.41) is 9.71. The minimum Gasteiger partial charge on any atom is -0.462 e. The van der Waals surface area contributed by atoms with Gasteiger partial charge in [-0.3, -0.25) is 9.59 Å². The van der Waals surface area contributed by atoms with Gasteiger partial charge in [0.2, 0.25) is 0 Å². The predicted molar refractivity (Wildman–Crippen MR) is 371 cm³/mol. The van der Waals surface area contributed by atoms with Crippen molar-refractivity contribution in [3.05, 3.63) is 122 Å². The average Bonchev–Trinajstić information content (AvgIpc) is 3.51. The van der Waals surface area contributed by atoms with Gasteiger partial charge < -0.3 is 14.6 Å². The van der Waals surface area contributed by atoms with Crippen LogP contribution in [0.4, 0.5) is 0 Å². The molecular weight excluding hydrogens is 1030 g/mol. The first-order valence-corrected chi connectivity index (χ1v) is 36.1. The molecule has 5 heteroatoms. The average molecular weight is 1170 g/mol. The number of carbonyl (C=O) groups excluding carboxylic acids is 2. The molecule has 0 saturated carbocycles. The van der Waals surface area contributed by atoms with Crippen molar-refractivity contribution in [2.75, 3.05) is 13.2 Å². The molecule has 0 aliphatic heterocycles. The van der Waals surface area contributed by atoms with Gasteiger partial charge in [0.25, 0.3) is 0 Å². The highest BCUT2D eigenvalue weighted by Gasteiger charge is 2.16. The number of carbonyl (C=O) groups is 2. The van der Waals surface area contributed by atoms with Crippen LogP contribution < -0.4 is 0 Å². The molecule has 0 fully saturated rings. The Kier molecular flexibility index (Phi) is 70.3. The fourth-order valence-corrected chi connectivity index (χ4v) is 10.4. The van der Waals surface area contributed by atoms with E-state index in [1.54, 1.807) is 0 Å². The summed E-state index contributed by atoms with van der Waals surface area (Å²) in [7, 11) is 0. The van der Waals surface area contributed by atoms with Crippen molar-refractivity contribution >= 4 is 11.9 Å². The van der Waals surface area contributed by atoms with Gasteiger partial charge in [0.15, 0.2) is 6.10 Å². The maximum absolute atomic E-state index is 12.4. The first-order chi connectivity index (χ1) is 41.6. The van der Waals surface area contributed by atoms with Gasteiger partial charge in [-0.1, -0.05) is 347 Å². The van der Waals surface area contributed by atoms with Gasteiger partial charge in [0.05, 0.1) is 6.61 Å². The second kappa shape index (κ2) is 73.6. The number of allylic oxidation sites excluding steroid dienone is 20. The van der Waals surface area contributed by atoms with Crippen LogP contribution in [0.3, 0.4) is 0 Å². The second-order valence-corrected chi connectivity index (χ2v) is 23.9. The molecule has 84 heavy (non-hydrogen) atoms. The van der Waals surface area contributed by atoms with Gasteiger partial charge in [-0.05, 0) is 109 Å². The Morgan fingerprint density at radius 3 is 0.774 bits per heavy atom. The van der Waals surface area contributed by atoms with Crippen LogP contribution in [-0.2, 0) is 19.1 Å². The molecule has 0 saturated heterocycles. The van der Waals surface area contributed by atoms with Crippen molar-refractivity contribution in [2.45, 2.75) is 354 Å². The monoisotopic (exact) mass is 1170 g/mol. The molecule has 0 aromatic rings. The molecule has 0 spiro atoms. The zero-order chi connectivity index (χ0) is 60.5.